The third-order valence-corrected chi connectivity index (χ3v) is 9.33. The number of hydrogen-bond donors (Lipinski definition) is 1. The van der Waals surface area contributed by atoms with Gasteiger partial charge in [-0.25, -0.2) is 0 Å². The lowest BCUT2D eigenvalue weighted by atomic mass is 9.66. The van der Waals surface area contributed by atoms with E-state index >= 15 is 0 Å². The van der Waals surface area contributed by atoms with Crippen molar-refractivity contribution < 1.29 is 19.5 Å². The highest BCUT2D eigenvalue weighted by atomic mass is 32.2. The predicted octanol–water partition coefficient (Wildman–Crippen LogP) is 1.92. The van der Waals surface area contributed by atoms with E-state index in [1.165, 1.54) is 0 Å². The second kappa shape index (κ2) is 9.59. The average Bonchev–Trinajstić information content (AvgIpc) is 3.32. The summed E-state index contributed by atoms with van der Waals surface area (Å²) in [5.74, 6) is -1.37. The molecule has 2 bridgehead atoms. The molecule has 0 aromatic rings. The van der Waals surface area contributed by atoms with Crippen LogP contribution in [0, 0.1) is 11.8 Å². The van der Waals surface area contributed by atoms with E-state index in [9.17, 15) is 19.5 Å². The van der Waals surface area contributed by atoms with E-state index < -0.39 is 22.6 Å². The molecule has 0 aromatic heterocycles. The molecule has 1 N–H and O–H groups in total. The number of hydrogen-bond acceptors (Lipinski definition) is 5. The first-order valence-electron chi connectivity index (χ1n) is 11.6. The van der Waals surface area contributed by atoms with Crippen LogP contribution in [0.15, 0.2) is 25.3 Å². The smallest absolute Gasteiger partial charge is 0.247 e. The molecule has 1 spiro atoms. The molecule has 2 unspecified atom stereocenters. The van der Waals surface area contributed by atoms with Gasteiger partial charge in [-0.3, -0.25) is 14.4 Å². The first-order chi connectivity index (χ1) is 15.2. The molecule has 0 radical (unpaired) electrons. The molecule has 7 nitrogen and oxygen atoms in total. The van der Waals surface area contributed by atoms with E-state index in [2.05, 4.69) is 27.0 Å². The van der Waals surface area contributed by atoms with Gasteiger partial charge in [0.2, 0.25) is 17.7 Å². The van der Waals surface area contributed by atoms with Crippen LogP contribution in [-0.2, 0) is 14.4 Å². The normalized spacial score (nSPS) is 32.7. The molecule has 3 aliphatic rings. The van der Waals surface area contributed by atoms with Crippen LogP contribution < -0.4 is 0 Å². The van der Waals surface area contributed by atoms with Gasteiger partial charge in [-0.05, 0) is 26.2 Å². The number of fused-ring (bicyclic) bond motifs is 1. The number of aliphatic hydroxyl groups excluding tert-OH is 1. The maximum atomic E-state index is 13.9. The van der Waals surface area contributed by atoms with Crippen molar-refractivity contribution in [3.05, 3.63) is 25.3 Å². The van der Waals surface area contributed by atoms with Gasteiger partial charge in [0.15, 0.2) is 0 Å². The Morgan fingerprint density at radius 3 is 2.53 bits per heavy atom. The molecule has 3 amide bonds. The van der Waals surface area contributed by atoms with Gasteiger partial charge in [-0.1, -0.05) is 25.5 Å². The fourth-order valence-electron chi connectivity index (χ4n) is 5.92. The highest BCUT2D eigenvalue weighted by molar-refractivity contribution is 8.02. The number of carbonyl (C=O) groups is 3. The minimum Gasteiger partial charge on any atom is -0.395 e. The van der Waals surface area contributed by atoms with Crippen molar-refractivity contribution in [2.45, 2.75) is 55.1 Å². The molecule has 3 rings (SSSR count). The molecule has 3 saturated heterocycles. The van der Waals surface area contributed by atoms with Crippen LogP contribution in [0.4, 0.5) is 0 Å². The summed E-state index contributed by atoms with van der Waals surface area (Å²) >= 11 is 1.66. The molecule has 3 fully saturated rings. The Balaban J connectivity index is 2.03. The summed E-state index contributed by atoms with van der Waals surface area (Å²) in [6.45, 7) is 13.0. The fourth-order valence-corrected chi connectivity index (χ4v) is 8.26. The highest BCUT2D eigenvalue weighted by Crippen LogP contribution is 2.71. The van der Waals surface area contributed by atoms with Gasteiger partial charge >= 0.3 is 0 Å². The lowest BCUT2D eigenvalue weighted by Gasteiger charge is -2.37. The fraction of sp³-hybridized carbons (Fsp3) is 0.708. The summed E-state index contributed by atoms with van der Waals surface area (Å²) in [6, 6.07) is -0.668. The maximum absolute atomic E-state index is 13.9. The number of unbranched alkanes of at least 4 members (excludes halogenated alkanes) is 1. The van der Waals surface area contributed by atoms with Crippen molar-refractivity contribution in [2.24, 2.45) is 11.8 Å². The third-order valence-electron chi connectivity index (χ3n) is 7.34. The average molecular weight is 464 g/mol. The van der Waals surface area contributed by atoms with E-state index in [4.69, 9.17) is 0 Å². The van der Waals surface area contributed by atoms with Crippen molar-refractivity contribution in [1.29, 1.82) is 0 Å². The van der Waals surface area contributed by atoms with Crippen LogP contribution in [0.2, 0.25) is 0 Å². The first-order valence-corrected chi connectivity index (χ1v) is 12.4. The molecule has 3 heterocycles. The number of likely N-dealkylation sites (tertiary alicyclic amines) is 1. The maximum Gasteiger partial charge on any atom is 0.247 e. The third kappa shape index (κ3) is 3.79. The molecule has 0 aromatic carbocycles. The van der Waals surface area contributed by atoms with Gasteiger partial charge in [0, 0.05) is 38.0 Å². The number of aliphatic hydroxyl groups is 1. The van der Waals surface area contributed by atoms with Crippen LogP contribution in [0.25, 0.3) is 0 Å². The zero-order valence-corrected chi connectivity index (χ0v) is 20.4. The second-order valence-corrected chi connectivity index (χ2v) is 11.3. The summed E-state index contributed by atoms with van der Waals surface area (Å²) in [5, 5.41) is 9.71. The minimum absolute atomic E-state index is 0.0641. The molecule has 32 heavy (non-hydrogen) atoms. The van der Waals surface area contributed by atoms with E-state index in [0.717, 1.165) is 19.3 Å². The Morgan fingerprint density at radius 1 is 1.25 bits per heavy atom. The van der Waals surface area contributed by atoms with Gasteiger partial charge in [0.05, 0.1) is 23.2 Å². The summed E-state index contributed by atoms with van der Waals surface area (Å²) in [7, 11) is 1.74. The zero-order chi connectivity index (χ0) is 23.7. The first kappa shape index (κ1) is 24.8. The van der Waals surface area contributed by atoms with E-state index in [0.29, 0.717) is 26.1 Å². The summed E-state index contributed by atoms with van der Waals surface area (Å²) in [6.07, 6.45) is 6.72. The summed E-state index contributed by atoms with van der Waals surface area (Å²) in [5.41, 5.74) is 0. The van der Waals surface area contributed by atoms with Crippen molar-refractivity contribution in [3.8, 4) is 0 Å². The summed E-state index contributed by atoms with van der Waals surface area (Å²) < 4.78 is -1.03. The van der Waals surface area contributed by atoms with Crippen LogP contribution >= 0.6 is 11.8 Å². The monoisotopic (exact) mass is 463 g/mol. The topological polar surface area (TPSA) is 81.2 Å². The van der Waals surface area contributed by atoms with Crippen molar-refractivity contribution in [3.63, 3.8) is 0 Å². The van der Waals surface area contributed by atoms with E-state index in [-0.39, 0.29) is 35.6 Å². The molecule has 0 saturated carbocycles. The number of β-amino-alcohol motifs (C(OH)–C–C–N with tert-alkyl or cyclic N) is 1. The minimum atomic E-state index is -0.668. The highest BCUT2D eigenvalue weighted by Gasteiger charge is 2.77. The SMILES string of the molecule is C=CCN(C)C(=O)[C@@H]1[C@H]2C(=O)N(CCO)C(C(=O)N(CC=C)CCCC)C23CC[C@@]1(C)S3. The van der Waals surface area contributed by atoms with Gasteiger partial charge < -0.3 is 19.8 Å². The molecule has 5 atom stereocenters. The van der Waals surface area contributed by atoms with Crippen molar-refractivity contribution >= 4 is 29.5 Å². The van der Waals surface area contributed by atoms with Crippen LogP contribution in [0.5, 0.6) is 0 Å². The number of amides is 3. The number of thioether (sulfide) groups is 1. The van der Waals surface area contributed by atoms with Crippen molar-refractivity contribution in [1.82, 2.24) is 14.7 Å². The predicted molar refractivity (Wildman–Crippen MR) is 127 cm³/mol. The molecule has 178 valence electrons. The largest absolute Gasteiger partial charge is 0.395 e. The van der Waals surface area contributed by atoms with Gasteiger partial charge in [0.25, 0.3) is 0 Å². The number of nitrogens with zero attached hydrogens (tertiary/aromatic N) is 3. The van der Waals surface area contributed by atoms with Gasteiger partial charge in [-0.15, -0.1) is 24.9 Å². The van der Waals surface area contributed by atoms with Crippen LogP contribution in [0.1, 0.15) is 39.5 Å². The Labute approximate surface area is 195 Å². The molecule has 0 aliphatic carbocycles. The molecular weight excluding hydrogens is 426 g/mol. The van der Waals surface area contributed by atoms with E-state index in [1.807, 2.05) is 0 Å². The van der Waals surface area contributed by atoms with Gasteiger partial charge in [-0.2, -0.15) is 0 Å². The number of carbonyl (C=O) groups excluding carboxylic acids is 3. The van der Waals surface area contributed by atoms with Crippen LogP contribution in [0.3, 0.4) is 0 Å². The second-order valence-electron chi connectivity index (χ2n) is 9.42. The van der Waals surface area contributed by atoms with E-state index in [1.54, 1.807) is 45.7 Å². The lowest BCUT2D eigenvalue weighted by Crippen LogP contribution is -2.55. The Morgan fingerprint density at radius 2 is 1.94 bits per heavy atom. The Kier molecular flexibility index (Phi) is 7.44. The molecule has 3 aliphatic heterocycles. The lowest BCUT2D eigenvalue weighted by molar-refractivity contribution is -0.145. The standard InChI is InChI=1S/C24H37N3O4S/c1-6-9-14-26(13-8-3)22(31)19-24-11-10-23(4,32-24)17(20(29)25(5)12-7-2)18(24)21(30)27(19)15-16-28/h7-8,17-19,28H,2-3,6,9-16H2,1,4-5H3/t17-,18-,19?,23+,24?/m0/s1. The van der Waals surface area contributed by atoms with Crippen LogP contribution in [-0.4, -0.2) is 92.9 Å². The van der Waals surface area contributed by atoms with Crippen molar-refractivity contribution in [2.75, 3.05) is 39.8 Å². The summed E-state index contributed by atoms with van der Waals surface area (Å²) in [4.78, 5) is 46.1. The van der Waals surface area contributed by atoms with Gasteiger partial charge in [0.1, 0.15) is 6.04 Å². The Bertz CT molecular complexity index is 789. The quantitative estimate of drug-likeness (QED) is 0.474. The zero-order valence-electron chi connectivity index (χ0n) is 19.6. The Hall–Kier alpha value is -1.80. The number of likely N-dealkylation sites (N-methyl/N-ethyl adjacent to an activating group) is 1. The molecular formula is C24H37N3O4S. The number of rotatable bonds is 11. The molecule has 8 heteroatoms.